The molecule has 2 heteroatoms. The third-order valence-corrected chi connectivity index (χ3v) is 3.34. The van der Waals surface area contributed by atoms with E-state index in [1.807, 2.05) is 30.3 Å². The number of aryl methyl sites for hydroxylation is 1. The second kappa shape index (κ2) is 6.80. The average Bonchev–Trinajstić information content (AvgIpc) is 2.49. The monoisotopic (exact) mass is 268 g/mol. The summed E-state index contributed by atoms with van der Waals surface area (Å²) in [5.74, 6) is -0.572. The van der Waals surface area contributed by atoms with Crippen LogP contribution in [-0.2, 0) is 6.42 Å². The van der Waals surface area contributed by atoms with Gasteiger partial charge >= 0.3 is 0 Å². The fourth-order valence-corrected chi connectivity index (χ4v) is 2.15. The molecule has 2 rings (SSSR count). The SMILES string of the molecule is C=C[C@H](CCc1ccccc1)C(=O)c1ccc(F)cc1. The van der Waals surface area contributed by atoms with Crippen LogP contribution < -0.4 is 0 Å². The summed E-state index contributed by atoms with van der Waals surface area (Å²) in [7, 11) is 0. The second-order valence-electron chi connectivity index (χ2n) is 4.74. The minimum Gasteiger partial charge on any atom is -0.294 e. The smallest absolute Gasteiger partial charge is 0.169 e. The maximum absolute atomic E-state index is 12.9. The van der Waals surface area contributed by atoms with Crippen LogP contribution in [0.1, 0.15) is 22.3 Å². The maximum Gasteiger partial charge on any atom is 0.169 e. The number of benzene rings is 2. The minimum absolute atomic E-state index is 0.00377. The summed E-state index contributed by atoms with van der Waals surface area (Å²) in [5, 5.41) is 0. The molecule has 0 saturated carbocycles. The average molecular weight is 268 g/mol. The van der Waals surface area contributed by atoms with Gasteiger partial charge in [0.15, 0.2) is 5.78 Å². The predicted molar refractivity (Wildman–Crippen MR) is 79.2 cm³/mol. The van der Waals surface area contributed by atoms with Gasteiger partial charge < -0.3 is 0 Å². The molecule has 0 unspecified atom stereocenters. The fraction of sp³-hybridized carbons (Fsp3) is 0.167. The van der Waals surface area contributed by atoms with E-state index in [1.54, 1.807) is 6.08 Å². The summed E-state index contributed by atoms with van der Waals surface area (Å²) in [4.78, 5) is 12.3. The highest BCUT2D eigenvalue weighted by atomic mass is 19.1. The van der Waals surface area contributed by atoms with E-state index >= 15 is 0 Å². The lowest BCUT2D eigenvalue weighted by molar-refractivity contribution is 0.0940. The van der Waals surface area contributed by atoms with E-state index in [9.17, 15) is 9.18 Å². The first-order valence-electron chi connectivity index (χ1n) is 6.67. The van der Waals surface area contributed by atoms with Crippen LogP contribution in [0.3, 0.4) is 0 Å². The van der Waals surface area contributed by atoms with E-state index in [1.165, 1.54) is 29.8 Å². The largest absolute Gasteiger partial charge is 0.294 e. The van der Waals surface area contributed by atoms with Crippen LogP contribution in [0.25, 0.3) is 0 Å². The molecule has 0 heterocycles. The highest BCUT2D eigenvalue weighted by Crippen LogP contribution is 2.17. The standard InChI is InChI=1S/C18H17FO/c1-2-15(9-8-14-6-4-3-5-7-14)18(20)16-10-12-17(19)13-11-16/h2-7,10-13,15H,1,8-9H2/t15-/m1/s1. The fourth-order valence-electron chi connectivity index (χ4n) is 2.15. The van der Waals surface area contributed by atoms with Gasteiger partial charge in [-0.25, -0.2) is 4.39 Å². The van der Waals surface area contributed by atoms with Gasteiger partial charge in [-0.05, 0) is 42.7 Å². The van der Waals surface area contributed by atoms with E-state index in [4.69, 9.17) is 0 Å². The van der Waals surface area contributed by atoms with Gasteiger partial charge in [0.25, 0.3) is 0 Å². The molecule has 0 bridgehead atoms. The zero-order chi connectivity index (χ0) is 14.4. The highest BCUT2D eigenvalue weighted by molar-refractivity contribution is 5.98. The summed E-state index contributed by atoms with van der Waals surface area (Å²) < 4.78 is 12.9. The normalized spacial score (nSPS) is 11.8. The number of hydrogen-bond donors (Lipinski definition) is 0. The molecule has 1 atom stereocenters. The molecule has 0 fully saturated rings. The Morgan fingerprint density at radius 1 is 1.10 bits per heavy atom. The third-order valence-electron chi connectivity index (χ3n) is 3.34. The van der Waals surface area contributed by atoms with E-state index in [2.05, 4.69) is 6.58 Å². The van der Waals surface area contributed by atoms with Gasteiger partial charge in [-0.1, -0.05) is 36.4 Å². The number of carbonyl (C=O) groups is 1. The Labute approximate surface area is 118 Å². The van der Waals surface area contributed by atoms with Crippen molar-refractivity contribution in [3.05, 3.63) is 84.2 Å². The molecule has 1 nitrogen and oxygen atoms in total. The van der Waals surface area contributed by atoms with Gasteiger partial charge in [-0.15, -0.1) is 6.58 Å². The third kappa shape index (κ3) is 3.64. The van der Waals surface area contributed by atoms with E-state index in [0.29, 0.717) is 12.0 Å². The highest BCUT2D eigenvalue weighted by Gasteiger charge is 2.16. The number of rotatable bonds is 6. The number of allylic oxidation sites excluding steroid dienone is 1. The Morgan fingerprint density at radius 3 is 2.35 bits per heavy atom. The van der Waals surface area contributed by atoms with Crippen LogP contribution in [0.15, 0.2) is 67.3 Å². The van der Waals surface area contributed by atoms with Crippen molar-refractivity contribution in [3.63, 3.8) is 0 Å². The molecule has 0 aliphatic heterocycles. The Bertz CT molecular complexity index is 572. The number of ketones is 1. The van der Waals surface area contributed by atoms with Crippen molar-refractivity contribution in [1.82, 2.24) is 0 Å². The van der Waals surface area contributed by atoms with Crippen molar-refractivity contribution in [1.29, 1.82) is 0 Å². The number of Topliss-reactive ketones (excluding diaryl/α,β-unsaturated/α-hetero) is 1. The molecule has 20 heavy (non-hydrogen) atoms. The van der Waals surface area contributed by atoms with E-state index in [0.717, 1.165) is 6.42 Å². The molecular weight excluding hydrogens is 251 g/mol. The van der Waals surface area contributed by atoms with Crippen molar-refractivity contribution < 1.29 is 9.18 Å². The van der Waals surface area contributed by atoms with E-state index < -0.39 is 0 Å². The zero-order valence-corrected chi connectivity index (χ0v) is 11.3. The number of halogens is 1. The van der Waals surface area contributed by atoms with Crippen LogP contribution in [0.4, 0.5) is 4.39 Å². The van der Waals surface area contributed by atoms with Crippen molar-refractivity contribution in [2.24, 2.45) is 5.92 Å². The lowest BCUT2D eigenvalue weighted by Crippen LogP contribution is -2.13. The van der Waals surface area contributed by atoms with Gasteiger partial charge in [0.05, 0.1) is 0 Å². The lowest BCUT2D eigenvalue weighted by Gasteiger charge is -2.11. The van der Waals surface area contributed by atoms with Gasteiger partial charge in [0.2, 0.25) is 0 Å². The first-order chi connectivity index (χ1) is 9.70. The van der Waals surface area contributed by atoms with Crippen molar-refractivity contribution in [2.75, 3.05) is 0 Å². The summed E-state index contributed by atoms with van der Waals surface area (Å²) in [5.41, 5.74) is 1.73. The van der Waals surface area contributed by atoms with Gasteiger partial charge in [0, 0.05) is 11.5 Å². The zero-order valence-electron chi connectivity index (χ0n) is 11.3. The van der Waals surface area contributed by atoms with Gasteiger partial charge in [0.1, 0.15) is 5.82 Å². The maximum atomic E-state index is 12.9. The van der Waals surface area contributed by atoms with Gasteiger partial charge in [-0.2, -0.15) is 0 Å². The number of carbonyl (C=O) groups excluding carboxylic acids is 1. The van der Waals surface area contributed by atoms with Gasteiger partial charge in [-0.3, -0.25) is 4.79 Å². The van der Waals surface area contributed by atoms with Crippen molar-refractivity contribution >= 4 is 5.78 Å². The number of hydrogen-bond acceptors (Lipinski definition) is 1. The molecule has 0 radical (unpaired) electrons. The van der Waals surface area contributed by atoms with Crippen LogP contribution in [0.5, 0.6) is 0 Å². The summed E-state index contributed by atoms with van der Waals surface area (Å²) in [6.45, 7) is 3.74. The summed E-state index contributed by atoms with van der Waals surface area (Å²) in [6, 6.07) is 15.7. The molecule has 102 valence electrons. The Balaban J connectivity index is 2.02. The first-order valence-corrected chi connectivity index (χ1v) is 6.67. The van der Waals surface area contributed by atoms with Crippen molar-refractivity contribution in [3.8, 4) is 0 Å². The second-order valence-corrected chi connectivity index (χ2v) is 4.74. The topological polar surface area (TPSA) is 17.1 Å². The molecule has 2 aromatic rings. The minimum atomic E-state index is -0.332. The molecule has 2 aromatic carbocycles. The molecule has 0 aromatic heterocycles. The first kappa shape index (κ1) is 14.2. The molecule has 0 amide bonds. The lowest BCUT2D eigenvalue weighted by atomic mass is 9.92. The molecule has 0 aliphatic carbocycles. The summed E-state index contributed by atoms with van der Waals surface area (Å²) in [6.07, 6.45) is 3.21. The molecule has 0 aliphatic rings. The Kier molecular flexibility index (Phi) is 4.83. The van der Waals surface area contributed by atoms with E-state index in [-0.39, 0.29) is 17.5 Å². The predicted octanol–water partition coefficient (Wildman–Crippen LogP) is 4.44. The van der Waals surface area contributed by atoms with Crippen LogP contribution >= 0.6 is 0 Å². The summed E-state index contributed by atoms with van der Waals surface area (Å²) >= 11 is 0. The molecule has 0 spiro atoms. The van der Waals surface area contributed by atoms with Crippen molar-refractivity contribution in [2.45, 2.75) is 12.8 Å². The van der Waals surface area contributed by atoms with Crippen LogP contribution in [-0.4, -0.2) is 5.78 Å². The molecule has 0 saturated heterocycles. The van der Waals surface area contributed by atoms with Crippen LogP contribution in [0, 0.1) is 11.7 Å². The Hall–Kier alpha value is -2.22. The Morgan fingerprint density at radius 2 is 1.75 bits per heavy atom. The molecule has 0 N–H and O–H groups in total. The quantitative estimate of drug-likeness (QED) is 0.559. The molecular formula is C18H17FO. The van der Waals surface area contributed by atoms with Crippen LogP contribution in [0.2, 0.25) is 0 Å².